The van der Waals surface area contributed by atoms with Gasteiger partial charge in [-0.2, -0.15) is 0 Å². The van der Waals surface area contributed by atoms with E-state index in [4.69, 9.17) is 16.6 Å². The van der Waals surface area contributed by atoms with Crippen LogP contribution >= 0.6 is 0 Å². The van der Waals surface area contributed by atoms with Crippen LogP contribution in [-0.2, 0) is 5.41 Å². The Kier molecular flexibility index (Phi) is 5.91. The first-order valence-corrected chi connectivity index (χ1v) is 7.69. The highest BCUT2D eigenvalue weighted by molar-refractivity contribution is 6.48. The van der Waals surface area contributed by atoms with Crippen LogP contribution in [0.3, 0.4) is 0 Å². The Morgan fingerprint density at radius 2 is 1.48 bits per heavy atom. The third-order valence-corrected chi connectivity index (χ3v) is 3.56. The lowest BCUT2D eigenvalue weighted by molar-refractivity contribution is 0.448. The van der Waals surface area contributed by atoms with E-state index in [0.29, 0.717) is 11.6 Å². The summed E-state index contributed by atoms with van der Waals surface area (Å²) in [6.07, 6.45) is 6.70. The minimum atomic E-state index is -0.0803. The van der Waals surface area contributed by atoms with Gasteiger partial charge in [-0.1, -0.05) is 52.8 Å². The van der Waals surface area contributed by atoms with E-state index in [1.54, 1.807) is 24.3 Å². The third-order valence-electron chi connectivity index (χ3n) is 3.56. The van der Waals surface area contributed by atoms with Crippen molar-refractivity contribution in [3.63, 3.8) is 0 Å². The standard InChI is InChI=1S/C13H21NO.C6H6N2/c1-8(2)9-6-10(13(3,4)5)12(15)11(14)7-9;7-5-3-1-2-4-6(5)8/h6-8,15H,14H2,1-5H3;1-4,7-8H. The molecule has 0 aromatic heterocycles. The van der Waals surface area contributed by atoms with E-state index < -0.39 is 0 Å². The van der Waals surface area contributed by atoms with Crippen LogP contribution in [0.25, 0.3) is 0 Å². The Morgan fingerprint density at radius 3 is 1.83 bits per heavy atom. The molecule has 0 unspecified atom stereocenters. The number of hydrogen-bond donors (Lipinski definition) is 4. The van der Waals surface area contributed by atoms with Gasteiger partial charge in [-0.25, -0.2) is 0 Å². The van der Waals surface area contributed by atoms with Crippen molar-refractivity contribution in [1.82, 2.24) is 0 Å². The van der Waals surface area contributed by atoms with Gasteiger partial charge in [0.25, 0.3) is 0 Å². The van der Waals surface area contributed by atoms with Crippen LogP contribution in [-0.4, -0.2) is 16.5 Å². The van der Waals surface area contributed by atoms with Gasteiger partial charge in [0.05, 0.1) is 17.1 Å². The number of allylic oxidation sites excluding steroid dienone is 4. The predicted molar refractivity (Wildman–Crippen MR) is 99.0 cm³/mol. The number of rotatable bonds is 1. The lowest BCUT2D eigenvalue weighted by Gasteiger charge is -2.23. The molecule has 0 fully saturated rings. The number of nitrogens with two attached hydrogens (primary N) is 1. The lowest BCUT2D eigenvalue weighted by atomic mass is 9.83. The molecule has 23 heavy (non-hydrogen) atoms. The van der Waals surface area contributed by atoms with Crippen molar-refractivity contribution in [3.8, 4) is 5.75 Å². The van der Waals surface area contributed by atoms with Gasteiger partial charge in [0.2, 0.25) is 0 Å². The number of hydrogen-bond acceptors (Lipinski definition) is 4. The summed E-state index contributed by atoms with van der Waals surface area (Å²) in [5, 5.41) is 24.0. The monoisotopic (exact) mass is 313 g/mol. The Labute approximate surface area is 138 Å². The summed E-state index contributed by atoms with van der Waals surface area (Å²) in [5.74, 6) is 0.654. The van der Waals surface area contributed by atoms with Gasteiger partial charge in [-0.05, 0) is 35.1 Å². The molecular weight excluding hydrogens is 286 g/mol. The van der Waals surface area contributed by atoms with Crippen molar-refractivity contribution in [2.24, 2.45) is 0 Å². The van der Waals surface area contributed by atoms with Crippen LogP contribution in [0.4, 0.5) is 5.69 Å². The Morgan fingerprint density at radius 1 is 1.00 bits per heavy atom. The molecule has 0 saturated carbocycles. The summed E-state index contributed by atoms with van der Waals surface area (Å²) in [5.41, 5.74) is 8.87. The Balaban J connectivity index is 0.000000277. The topological polar surface area (TPSA) is 93.9 Å². The van der Waals surface area contributed by atoms with E-state index in [9.17, 15) is 5.11 Å². The van der Waals surface area contributed by atoms with E-state index >= 15 is 0 Å². The molecule has 2 rings (SSSR count). The number of phenolic OH excluding ortho intramolecular Hbond substituents is 1. The zero-order chi connectivity index (χ0) is 17.8. The van der Waals surface area contributed by atoms with Crippen molar-refractivity contribution in [1.29, 1.82) is 10.8 Å². The van der Waals surface area contributed by atoms with E-state index in [1.807, 2.05) is 6.07 Å². The molecule has 0 atom stereocenters. The summed E-state index contributed by atoms with van der Waals surface area (Å²) >= 11 is 0. The van der Waals surface area contributed by atoms with Crippen LogP contribution in [0, 0.1) is 10.8 Å². The Bertz CT molecular complexity index is 640. The number of benzene rings is 1. The molecule has 4 heteroatoms. The maximum Gasteiger partial charge on any atom is 0.142 e. The molecule has 0 aliphatic heterocycles. The lowest BCUT2D eigenvalue weighted by Crippen LogP contribution is -2.13. The summed E-state index contributed by atoms with van der Waals surface area (Å²) < 4.78 is 0. The van der Waals surface area contributed by atoms with Crippen LogP contribution in [0.15, 0.2) is 36.4 Å². The van der Waals surface area contributed by atoms with Gasteiger partial charge in [-0.3, -0.25) is 10.8 Å². The van der Waals surface area contributed by atoms with Crippen molar-refractivity contribution >= 4 is 17.1 Å². The molecule has 0 bridgehead atoms. The molecule has 1 aromatic rings. The van der Waals surface area contributed by atoms with Crippen molar-refractivity contribution < 1.29 is 5.11 Å². The maximum atomic E-state index is 9.91. The van der Waals surface area contributed by atoms with Gasteiger partial charge >= 0.3 is 0 Å². The van der Waals surface area contributed by atoms with Crippen molar-refractivity contribution in [2.45, 2.75) is 46.0 Å². The highest BCUT2D eigenvalue weighted by Gasteiger charge is 2.21. The number of nitrogen functional groups attached to an aromatic ring is 1. The number of anilines is 1. The van der Waals surface area contributed by atoms with Crippen LogP contribution in [0.2, 0.25) is 0 Å². The second-order valence-electron chi connectivity index (χ2n) is 6.96. The number of aromatic hydroxyl groups is 1. The van der Waals surface area contributed by atoms with Gasteiger partial charge in [0.1, 0.15) is 5.75 Å². The molecule has 5 N–H and O–H groups in total. The summed E-state index contributed by atoms with van der Waals surface area (Å²) in [4.78, 5) is 0. The van der Waals surface area contributed by atoms with Gasteiger partial charge < -0.3 is 10.8 Å². The molecule has 0 amide bonds. The largest absolute Gasteiger partial charge is 0.505 e. The average molecular weight is 313 g/mol. The first-order chi connectivity index (χ1) is 10.5. The Hall–Kier alpha value is -2.36. The second kappa shape index (κ2) is 7.27. The highest BCUT2D eigenvalue weighted by Crippen LogP contribution is 2.37. The maximum absolute atomic E-state index is 9.91. The predicted octanol–water partition coefficient (Wildman–Crippen LogP) is 4.55. The molecule has 1 aliphatic carbocycles. The van der Waals surface area contributed by atoms with Gasteiger partial charge in [0.15, 0.2) is 0 Å². The molecule has 124 valence electrons. The molecule has 0 saturated heterocycles. The molecule has 4 nitrogen and oxygen atoms in total. The van der Waals surface area contributed by atoms with E-state index in [2.05, 4.69) is 40.7 Å². The second-order valence-corrected chi connectivity index (χ2v) is 6.96. The quantitative estimate of drug-likeness (QED) is 0.348. The van der Waals surface area contributed by atoms with E-state index in [0.717, 1.165) is 5.56 Å². The molecule has 0 heterocycles. The van der Waals surface area contributed by atoms with Gasteiger partial charge in [0, 0.05) is 5.56 Å². The van der Waals surface area contributed by atoms with E-state index in [1.165, 1.54) is 5.56 Å². The zero-order valence-corrected chi connectivity index (χ0v) is 14.6. The molecular formula is C19H27N3O. The minimum absolute atomic E-state index is 0.0803. The summed E-state index contributed by atoms with van der Waals surface area (Å²) in [6.45, 7) is 10.5. The molecule has 1 aromatic carbocycles. The number of nitrogens with one attached hydrogen (secondary N) is 2. The fourth-order valence-electron chi connectivity index (χ4n) is 2.07. The summed E-state index contributed by atoms with van der Waals surface area (Å²) in [6, 6.07) is 3.91. The van der Waals surface area contributed by atoms with Crippen molar-refractivity contribution in [3.05, 3.63) is 47.6 Å². The molecule has 0 radical (unpaired) electrons. The van der Waals surface area contributed by atoms with Crippen LogP contribution < -0.4 is 5.73 Å². The van der Waals surface area contributed by atoms with Crippen LogP contribution in [0.1, 0.15) is 51.7 Å². The zero-order valence-electron chi connectivity index (χ0n) is 14.6. The first kappa shape index (κ1) is 18.7. The van der Waals surface area contributed by atoms with Gasteiger partial charge in [-0.15, -0.1) is 0 Å². The average Bonchev–Trinajstić information content (AvgIpc) is 2.44. The third kappa shape index (κ3) is 5.09. The van der Waals surface area contributed by atoms with E-state index in [-0.39, 0.29) is 22.6 Å². The minimum Gasteiger partial charge on any atom is -0.505 e. The fourth-order valence-corrected chi connectivity index (χ4v) is 2.07. The SMILES string of the molecule is CC(C)c1cc(N)c(O)c(C(C)(C)C)c1.N=C1C=CC=CC1=N. The van der Waals surface area contributed by atoms with Crippen LogP contribution in [0.5, 0.6) is 5.75 Å². The first-order valence-electron chi connectivity index (χ1n) is 7.69. The normalized spacial score (nSPS) is 14.0. The number of phenols is 1. The summed E-state index contributed by atoms with van der Waals surface area (Å²) in [7, 11) is 0. The molecule has 0 spiro atoms. The van der Waals surface area contributed by atoms with Crippen molar-refractivity contribution in [2.75, 3.05) is 5.73 Å². The highest BCUT2D eigenvalue weighted by atomic mass is 16.3. The fraction of sp³-hybridized carbons (Fsp3) is 0.368. The smallest absolute Gasteiger partial charge is 0.142 e. The molecule has 1 aliphatic rings.